The lowest BCUT2D eigenvalue weighted by Gasteiger charge is -2.13. The molecule has 1 aromatic rings. The summed E-state index contributed by atoms with van der Waals surface area (Å²) in [6, 6.07) is 4.28. The molecule has 2 N–H and O–H groups in total. The van der Waals surface area contributed by atoms with Gasteiger partial charge in [0.15, 0.2) is 0 Å². The van der Waals surface area contributed by atoms with Crippen LogP contribution in [0.1, 0.15) is 23.7 Å². The molecule has 0 bridgehead atoms. The average molecular weight is 294 g/mol. The van der Waals surface area contributed by atoms with Crippen molar-refractivity contribution in [1.82, 2.24) is 10.2 Å². The summed E-state index contributed by atoms with van der Waals surface area (Å²) in [5.74, 6) is -0.306. The number of nitrogens with zero attached hydrogens (tertiary/aromatic N) is 2. The Morgan fingerprint density at radius 3 is 2.62 bits per heavy atom. The van der Waals surface area contributed by atoms with Crippen LogP contribution in [0, 0.1) is 10.1 Å². The van der Waals surface area contributed by atoms with Gasteiger partial charge in [-0.15, -0.1) is 0 Å². The molecule has 1 rings (SSSR count). The van der Waals surface area contributed by atoms with Crippen molar-refractivity contribution in [2.24, 2.45) is 0 Å². The quantitative estimate of drug-likeness (QED) is 0.563. The van der Waals surface area contributed by atoms with Crippen LogP contribution in [0.2, 0.25) is 0 Å². The van der Waals surface area contributed by atoms with Crippen molar-refractivity contribution >= 4 is 17.3 Å². The normalized spacial score (nSPS) is 10.5. The fourth-order valence-electron chi connectivity index (χ4n) is 1.74. The molecule has 0 unspecified atom stereocenters. The van der Waals surface area contributed by atoms with Crippen molar-refractivity contribution in [3.63, 3.8) is 0 Å². The Labute approximate surface area is 124 Å². The minimum absolute atomic E-state index is 0.0881. The van der Waals surface area contributed by atoms with E-state index < -0.39 is 4.92 Å². The third-order valence-corrected chi connectivity index (χ3v) is 2.87. The van der Waals surface area contributed by atoms with E-state index in [-0.39, 0.29) is 11.6 Å². The highest BCUT2D eigenvalue weighted by Crippen LogP contribution is 2.22. The van der Waals surface area contributed by atoms with E-state index in [1.807, 2.05) is 25.9 Å². The lowest BCUT2D eigenvalue weighted by molar-refractivity contribution is -0.384. The molecule has 0 aliphatic carbocycles. The van der Waals surface area contributed by atoms with Crippen molar-refractivity contribution in [3.8, 4) is 0 Å². The smallest absolute Gasteiger partial charge is 0.270 e. The number of hydrogen-bond donors (Lipinski definition) is 2. The molecule has 0 aliphatic rings. The van der Waals surface area contributed by atoms with E-state index >= 15 is 0 Å². The molecule has 21 heavy (non-hydrogen) atoms. The first kappa shape index (κ1) is 16.9. The first-order chi connectivity index (χ1) is 9.95. The summed E-state index contributed by atoms with van der Waals surface area (Å²) in [7, 11) is 3.82. The second kappa shape index (κ2) is 8.21. The van der Waals surface area contributed by atoms with Crippen molar-refractivity contribution in [2.75, 3.05) is 39.0 Å². The third-order valence-electron chi connectivity index (χ3n) is 2.87. The van der Waals surface area contributed by atoms with E-state index in [4.69, 9.17) is 0 Å². The van der Waals surface area contributed by atoms with Gasteiger partial charge in [0.2, 0.25) is 0 Å². The standard InChI is InChI=1S/C14H22N4O3/c1-4-7-15-13-6-5-11(18(20)21)10-12(13)14(19)16-8-9-17(2)3/h5-6,10,15H,4,7-9H2,1-3H3,(H,16,19). The topological polar surface area (TPSA) is 87.5 Å². The van der Waals surface area contributed by atoms with Gasteiger partial charge in [0.25, 0.3) is 11.6 Å². The monoisotopic (exact) mass is 294 g/mol. The zero-order chi connectivity index (χ0) is 15.8. The van der Waals surface area contributed by atoms with Gasteiger partial charge in [0.05, 0.1) is 10.5 Å². The Morgan fingerprint density at radius 1 is 1.33 bits per heavy atom. The van der Waals surface area contributed by atoms with Crippen LogP contribution >= 0.6 is 0 Å². The zero-order valence-electron chi connectivity index (χ0n) is 12.7. The molecule has 0 saturated carbocycles. The van der Waals surface area contributed by atoms with Crippen LogP contribution in [0.5, 0.6) is 0 Å². The maximum absolute atomic E-state index is 12.2. The summed E-state index contributed by atoms with van der Waals surface area (Å²) in [5, 5.41) is 16.7. The number of benzene rings is 1. The molecule has 0 fully saturated rings. The number of carbonyl (C=O) groups excluding carboxylic acids is 1. The lowest BCUT2D eigenvalue weighted by Crippen LogP contribution is -2.31. The van der Waals surface area contributed by atoms with Crippen molar-refractivity contribution < 1.29 is 9.72 Å². The highest BCUT2D eigenvalue weighted by molar-refractivity contribution is 6.00. The average Bonchev–Trinajstić information content (AvgIpc) is 2.44. The third kappa shape index (κ3) is 5.39. The summed E-state index contributed by atoms with van der Waals surface area (Å²) in [6.07, 6.45) is 0.901. The Bertz CT molecular complexity index is 503. The molecule has 0 spiro atoms. The molecular formula is C14H22N4O3. The molecule has 0 aliphatic heterocycles. The van der Waals surface area contributed by atoms with Crippen LogP contribution < -0.4 is 10.6 Å². The largest absolute Gasteiger partial charge is 0.384 e. The number of carbonyl (C=O) groups is 1. The minimum Gasteiger partial charge on any atom is -0.384 e. The first-order valence-corrected chi connectivity index (χ1v) is 6.91. The van der Waals surface area contributed by atoms with E-state index in [1.165, 1.54) is 12.1 Å². The number of non-ortho nitro benzene ring substituents is 1. The van der Waals surface area contributed by atoms with Gasteiger partial charge in [-0.3, -0.25) is 14.9 Å². The maximum atomic E-state index is 12.2. The number of nitro groups is 1. The van der Waals surface area contributed by atoms with Crippen LogP contribution in [-0.2, 0) is 0 Å². The number of nitro benzene ring substituents is 1. The van der Waals surface area contributed by atoms with Gasteiger partial charge in [-0.1, -0.05) is 6.92 Å². The Kier molecular flexibility index (Phi) is 6.61. The fraction of sp³-hybridized carbons (Fsp3) is 0.500. The predicted octanol–water partition coefficient (Wildman–Crippen LogP) is 1.71. The molecule has 116 valence electrons. The Morgan fingerprint density at radius 2 is 2.05 bits per heavy atom. The molecule has 0 heterocycles. The molecule has 0 atom stereocenters. The van der Waals surface area contributed by atoms with Crippen molar-refractivity contribution in [3.05, 3.63) is 33.9 Å². The first-order valence-electron chi connectivity index (χ1n) is 6.91. The molecular weight excluding hydrogens is 272 g/mol. The highest BCUT2D eigenvalue weighted by atomic mass is 16.6. The number of anilines is 1. The van der Waals surface area contributed by atoms with Crippen molar-refractivity contribution in [1.29, 1.82) is 0 Å². The second-order valence-electron chi connectivity index (χ2n) is 4.97. The maximum Gasteiger partial charge on any atom is 0.270 e. The molecule has 0 saturated heterocycles. The number of nitrogens with one attached hydrogen (secondary N) is 2. The number of likely N-dealkylation sites (N-methyl/N-ethyl adjacent to an activating group) is 1. The van der Waals surface area contributed by atoms with Gasteiger partial charge in [-0.2, -0.15) is 0 Å². The van der Waals surface area contributed by atoms with Gasteiger partial charge in [0.1, 0.15) is 0 Å². The van der Waals surface area contributed by atoms with Crippen LogP contribution in [0.15, 0.2) is 18.2 Å². The van der Waals surface area contributed by atoms with Gasteiger partial charge >= 0.3 is 0 Å². The summed E-state index contributed by atoms with van der Waals surface area (Å²) in [5.41, 5.74) is 0.830. The van der Waals surface area contributed by atoms with Gasteiger partial charge in [0, 0.05) is 37.5 Å². The zero-order valence-corrected chi connectivity index (χ0v) is 12.7. The van der Waals surface area contributed by atoms with Crippen LogP contribution in [0.4, 0.5) is 11.4 Å². The Hall–Kier alpha value is -2.15. The van der Waals surface area contributed by atoms with Gasteiger partial charge in [-0.25, -0.2) is 0 Å². The van der Waals surface area contributed by atoms with Gasteiger partial charge in [-0.05, 0) is 26.6 Å². The number of rotatable bonds is 8. The number of amides is 1. The molecule has 1 aromatic carbocycles. The lowest BCUT2D eigenvalue weighted by atomic mass is 10.1. The van der Waals surface area contributed by atoms with E-state index in [2.05, 4.69) is 10.6 Å². The molecule has 7 heteroatoms. The summed E-state index contributed by atoms with van der Waals surface area (Å²) >= 11 is 0. The van der Waals surface area contributed by atoms with Crippen LogP contribution in [-0.4, -0.2) is 49.5 Å². The molecule has 7 nitrogen and oxygen atoms in total. The molecule has 0 radical (unpaired) electrons. The van der Waals surface area contributed by atoms with E-state index in [1.54, 1.807) is 6.07 Å². The SMILES string of the molecule is CCCNc1ccc([N+](=O)[O-])cc1C(=O)NCCN(C)C. The molecule has 1 amide bonds. The van der Waals surface area contributed by atoms with Gasteiger partial charge < -0.3 is 15.5 Å². The highest BCUT2D eigenvalue weighted by Gasteiger charge is 2.16. The Balaban J connectivity index is 2.90. The van der Waals surface area contributed by atoms with E-state index in [9.17, 15) is 14.9 Å². The minimum atomic E-state index is -0.500. The molecule has 0 aromatic heterocycles. The van der Waals surface area contributed by atoms with Crippen LogP contribution in [0.25, 0.3) is 0 Å². The van der Waals surface area contributed by atoms with Crippen LogP contribution in [0.3, 0.4) is 0 Å². The summed E-state index contributed by atoms with van der Waals surface area (Å²) < 4.78 is 0. The summed E-state index contributed by atoms with van der Waals surface area (Å²) in [4.78, 5) is 24.5. The fourth-order valence-corrected chi connectivity index (χ4v) is 1.74. The van der Waals surface area contributed by atoms with E-state index in [0.29, 0.717) is 30.9 Å². The predicted molar refractivity (Wildman–Crippen MR) is 82.8 cm³/mol. The van der Waals surface area contributed by atoms with E-state index in [0.717, 1.165) is 6.42 Å². The van der Waals surface area contributed by atoms with Crippen molar-refractivity contribution in [2.45, 2.75) is 13.3 Å². The number of hydrogen-bond acceptors (Lipinski definition) is 5. The summed E-state index contributed by atoms with van der Waals surface area (Å²) in [6.45, 7) is 3.91. The second-order valence-corrected chi connectivity index (χ2v) is 4.97.